The standard InChI is InChI=1S/C15H25N3O.ClH/c1-11-15(12(2)19-17-11)10-18-7-5-14(6-8-18)16-9-13-3-4-13;/h13-14,16H,3-10H2,1-2H3;1H. The number of aromatic nitrogens is 1. The average Bonchev–Trinajstić information content (AvgIpc) is 3.20. The first-order chi connectivity index (χ1) is 9.22. The zero-order valence-corrected chi connectivity index (χ0v) is 13.3. The van der Waals surface area contributed by atoms with Crippen molar-refractivity contribution >= 4 is 12.4 Å². The number of hydrogen-bond acceptors (Lipinski definition) is 4. The van der Waals surface area contributed by atoms with Crippen LogP contribution >= 0.6 is 12.4 Å². The molecule has 2 fully saturated rings. The van der Waals surface area contributed by atoms with E-state index < -0.39 is 0 Å². The zero-order chi connectivity index (χ0) is 13.2. The van der Waals surface area contributed by atoms with E-state index in [1.54, 1.807) is 0 Å². The highest BCUT2D eigenvalue weighted by molar-refractivity contribution is 5.85. The van der Waals surface area contributed by atoms with E-state index in [1.807, 2.05) is 13.8 Å². The van der Waals surface area contributed by atoms with Crippen LogP contribution in [-0.4, -0.2) is 35.7 Å². The first-order valence-electron chi connectivity index (χ1n) is 7.60. The molecular formula is C15H26ClN3O. The number of hydrogen-bond donors (Lipinski definition) is 1. The van der Waals surface area contributed by atoms with Gasteiger partial charge >= 0.3 is 0 Å². The predicted octanol–water partition coefficient (Wildman–Crippen LogP) is 2.68. The van der Waals surface area contributed by atoms with Gasteiger partial charge in [-0.05, 0) is 65.1 Å². The molecule has 1 saturated heterocycles. The van der Waals surface area contributed by atoms with Gasteiger partial charge in [0, 0.05) is 18.2 Å². The molecule has 1 aliphatic carbocycles. The molecule has 20 heavy (non-hydrogen) atoms. The van der Waals surface area contributed by atoms with Gasteiger partial charge in [-0.3, -0.25) is 4.90 Å². The molecular weight excluding hydrogens is 274 g/mol. The van der Waals surface area contributed by atoms with E-state index in [9.17, 15) is 0 Å². The van der Waals surface area contributed by atoms with Gasteiger partial charge in [0.25, 0.3) is 0 Å². The number of halogens is 1. The second-order valence-electron chi connectivity index (χ2n) is 6.20. The summed E-state index contributed by atoms with van der Waals surface area (Å²) in [5, 5.41) is 7.77. The second kappa shape index (κ2) is 6.92. The molecule has 2 heterocycles. The topological polar surface area (TPSA) is 41.3 Å². The third-order valence-corrected chi connectivity index (χ3v) is 4.54. The maximum atomic E-state index is 5.24. The third-order valence-electron chi connectivity index (χ3n) is 4.54. The van der Waals surface area contributed by atoms with E-state index in [0.717, 1.165) is 30.0 Å². The van der Waals surface area contributed by atoms with E-state index in [-0.39, 0.29) is 12.4 Å². The van der Waals surface area contributed by atoms with Crippen LogP contribution in [0.15, 0.2) is 4.52 Å². The van der Waals surface area contributed by atoms with Crippen molar-refractivity contribution in [3.05, 3.63) is 17.0 Å². The summed E-state index contributed by atoms with van der Waals surface area (Å²) in [6, 6.07) is 0.738. The zero-order valence-electron chi connectivity index (χ0n) is 12.5. The second-order valence-corrected chi connectivity index (χ2v) is 6.20. The lowest BCUT2D eigenvalue weighted by atomic mass is 10.0. The Bertz CT molecular complexity index is 403. The first-order valence-corrected chi connectivity index (χ1v) is 7.60. The highest BCUT2D eigenvalue weighted by atomic mass is 35.5. The Morgan fingerprint density at radius 2 is 1.90 bits per heavy atom. The molecule has 5 heteroatoms. The molecule has 0 bridgehead atoms. The van der Waals surface area contributed by atoms with Crippen molar-refractivity contribution in [1.82, 2.24) is 15.4 Å². The summed E-state index contributed by atoms with van der Waals surface area (Å²) < 4.78 is 5.24. The van der Waals surface area contributed by atoms with Gasteiger partial charge < -0.3 is 9.84 Å². The van der Waals surface area contributed by atoms with Crippen molar-refractivity contribution in [2.24, 2.45) is 5.92 Å². The molecule has 1 aromatic heterocycles. The fraction of sp³-hybridized carbons (Fsp3) is 0.800. The molecule has 0 atom stereocenters. The maximum absolute atomic E-state index is 5.24. The molecule has 0 spiro atoms. The maximum Gasteiger partial charge on any atom is 0.138 e. The van der Waals surface area contributed by atoms with Gasteiger partial charge in [-0.2, -0.15) is 0 Å². The number of nitrogens with zero attached hydrogens (tertiary/aromatic N) is 2. The third kappa shape index (κ3) is 3.96. The van der Waals surface area contributed by atoms with Gasteiger partial charge in [0.15, 0.2) is 0 Å². The van der Waals surface area contributed by atoms with Crippen molar-refractivity contribution < 1.29 is 4.52 Å². The summed E-state index contributed by atoms with van der Waals surface area (Å²) in [6.07, 6.45) is 5.43. The van der Waals surface area contributed by atoms with Gasteiger partial charge in [0.1, 0.15) is 5.76 Å². The molecule has 3 rings (SSSR count). The molecule has 1 N–H and O–H groups in total. The Kier molecular flexibility index (Phi) is 5.47. The molecule has 1 saturated carbocycles. The number of rotatable bonds is 5. The molecule has 1 aromatic rings. The summed E-state index contributed by atoms with van der Waals surface area (Å²) in [6.45, 7) is 8.67. The van der Waals surface area contributed by atoms with Crippen LogP contribution in [0.4, 0.5) is 0 Å². The Hall–Kier alpha value is -0.580. The van der Waals surface area contributed by atoms with Gasteiger partial charge in [-0.1, -0.05) is 5.16 Å². The molecule has 0 amide bonds. The number of likely N-dealkylation sites (tertiary alicyclic amines) is 1. The Morgan fingerprint density at radius 3 is 2.45 bits per heavy atom. The lowest BCUT2D eigenvalue weighted by Gasteiger charge is -2.32. The van der Waals surface area contributed by atoms with Crippen LogP contribution in [0.1, 0.15) is 42.7 Å². The molecule has 0 radical (unpaired) electrons. The minimum absolute atomic E-state index is 0. The van der Waals surface area contributed by atoms with Crippen molar-refractivity contribution in [1.29, 1.82) is 0 Å². The van der Waals surface area contributed by atoms with E-state index in [0.29, 0.717) is 0 Å². The van der Waals surface area contributed by atoms with E-state index in [4.69, 9.17) is 4.52 Å². The monoisotopic (exact) mass is 299 g/mol. The fourth-order valence-corrected chi connectivity index (χ4v) is 2.90. The fourth-order valence-electron chi connectivity index (χ4n) is 2.90. The summed E-state index contributed by atoms with van der Waals surface area (Å²) in [5.74, 6) is 1.96. The smallest absolute Gasteiger partial charge is 0.138 e. The van der Waals surface area contributed by atoms with Crippen LogP contribution in [0.25, 0.3) is 0 Å². The van der Waals surface area contributed by atoms with Crippen LogP contribution in [-0.2, 0) is 6.54 Å². The van der Waals surface area contributed by atoms with Gasteiger partial charge in [0.05, 0.1) is 5.69 Å². The molecule has 2 aliphatic rings. The Balaban J connectivity index is 0.00000147. The number of aryl methyl sites for hydroxylation is 2. The quantitative estimate of drug-likeness (QED) is 0.907. The lowest BCUT2D eigenvalue weighted by Crippen LogP contribution is -2.42. The van der Waals surface area contributed by atoms with Crippen LogP contribution < -0.4 is 5.32 Å². The van der Waals surface area contributed by atoms with Crippen LogP contribution in [0.3, 0.4) is 0 Å². The molecule has 0 aromatic carbocycles. The number of nitrogens with one attached hydrogen (secondary N) is 1. The van der Waals surface area contributed by atoms with Crippen LogP contribution in [0.5, 0.6) is 0 Å². The predicted molar refractivity (Wildman–Crippen MR) is 82.3 cm³/mol. The molecule has 1 aliphatic heterocycles. The van der Waals surface area contributed by atoms with Crippen molar-refractivity contribution in [3.63, 3.8) is 0 Å². The minimum Gasteiger partial charge on any atom is -0.361 e. The highest BCUT2D eigenvalue weighted by Crippen LogP contribution is 2.28. The molecule has 114 valence electrons. The Labute approximate surface area is 127 Å². The lowest BCUT2D eigenvalue weighted by molar-refractivity contribution is 0.189. The average molecular weight is 300 g/mol. The Morgan fingerprint density at radius 1 is 1.20 bits per heavy atom. The number of piperidine rings is 1. The largest absolute Gasteiger partial charge is 0.361 e. The first kappa shape index (κ1) is 15.8. The molecule has 4 nitrogen and oxygen atoms in total. The van der Waals surface area contributed by atoms with Gasteiger partial charge in [-0.15, -0.1) is 12.4 Å². The van der Waals surface area contributed by atoms with Gasteiger partial charge in [0.2, 0.25) is 0 Å². The van der Waals surface area contributed by atoms with Crippen molar-refractivity contribution in [2.45, 2.75) is 52.1 Å². The molecule has 0 unspecified atom stereocenters. The summed E-state index contributed by atoms with van der Waals surface area (Å²) in [5.41, 5.74) is 2.33. The van der Waals surface area contributed by atoms with E-state index in [1.165, 1.54) is 50.9 Å². The summed E-state index contributed by atoms with van der Waals surface area (Å²) in [4.78, 5) is 2.53. The highest BCUT2D eigenvalue weighted by Gasteiger charge is 2.25. The van der Waals surface area contributed by atoms with Crippen LogP contribution in [0.2, 0.25) is 0 Å². The minimum atomic E-state index is 0. The summed E-state index contributed by atoms with van der Waals surface area (Å²) >= 11 is 0. The summed E-state index contributed by atoms with van der Waals surface area (Å²) in [7, 11) is 0. The normalized spacial score (nSPS) is 20.9. The van der Waals surface area contributed by atoms with Gasteiger partial charge in [-0.25, -0.2) is 0 Å². The van der Waals surface area contributed by atoms with E-state index in [2.05, 4.69) is 15.4 Å². The van der Waals surface area contributed by atoms with Crippen LogP contribution in [0, 0.1) is 19.8 Å². The van der Waals surface area contributed by atoms with Crippen molar-refractivity contribution in [2.75, 3.05) is 19.6 Å². The van der Waals surface area contributed by atoms with Crippen molar-refractivity contribution in [3.8, 4) is 0 Å². The SMILES string of the molecule is Cc1noc(C)c1CN1CCC(NCC2CC2)CC1.Cl. The van der Waals surface area contributed by atoms with E-state index >= 15 is 0 Å².